The van der Waals surface area contributed by atoms with Crippen LogP contribution >= 0.6 is 0 Å². The number of hydrogen-bond donors (Lipinski definition) is 1. The lowest BCUT2D eigenvalue weighted by Crippen LogP contribution is -2.36. The third-order valence-corrected chi connectivity index (χ3v) is 4.58. The molecule has 8 nitrogen and oxygen atoms in total. The Morgan fingerprint density at radius 3 is 2.78 bits per heavy atom. The molecule has 8 heteroatoms. The molecule has 0 saturated carbocycles. The number of rotatable bonds is 6. The minimum atomic E-state index is 0.00120. The molecule has 0 atom stereocenters. The van der Waals surface area contributed by atoms with Crippen LogP contribution in [0, 0.1) is 0 Å². The Bertz CT molecular complexity index is 905. The Labute approximate surface area is 157 Å². The predicted molar refractivity (Wildman–Crippen MR) is 102 cm³/mol. The van der Waals surface area contributed by atoms with Crippen molar-refractivity contribution in [3.05, 3.63) is 48.4 Å². The SMILES string of the molecule is O=C(Cc1ccccc1)NCCn1ncc2c(N3CCOCC3)ncnc21. The summed E-state index contributed by atoms with van der Waals surface area (Å²) in [5.74, 6) is 0.893. The number of nitrogens with zero attached hydrogens (tertiary/aromatic N) is 5. The van der Waals surface area contributed by atoms with Gasteiger partial charge in [0.25, 0.3) is 0 Å². The predicted octanol–water partition coefficient (Wildman–Crippen LogP) is 1.02. The lowest BCUT2D eigenvalue weighted by atomic mass is 10.1. The number of morpholine rings is 1. The Morgan fingerprint density at radius 2 is 1.96 bits per heavy atom. The largest absolute Gasteiger partial charge is 0.378 e. The van der Waals surface area contributed by atoms with Crippen molar-refractivity contribution in [1.82, 2.24) is 25.1 Å². The summed E-state index contributed by atoms with van der Waals surface area (Å²) in [7, 11) is 0. The number of aromatic nitrogens is 4. The van der Waals surface area contributed by atoms with E-state index in [2.05, 4.69) is 25.3 Å². The second-order valence-electron chi connectivity index (χ2n) is 6.41. The number of fused-ring (bicyclic) bond motifs is 1. The lowest BCUT2D eigenvalue weighted by molar-refractivity contribution is -0.120. The molecule has 1 aromatic carbocycles. The van der Waals surface area contributed by atoms with Crippen molar-refractivity contribution >= 4 is 22.8 Å². The van der Waals surface area contributed by atoms with Crippen LogP contribution in [-0.2, 0) is 22.5 Å². The second-order valence-corrected chi connectivity index (χ2v) is 6.41. The molecule has 140 valence electrons. The number of amides is 1. The lowest BCUT2D eigenvalue weighted by Gasteiger charge is -2.27. The van der Waals surface area contributed by atoms with Gasteiger partial charge in [-0.25, -0.2) is 14.6 Å². The highest BCUT2D eigenvalue weighted by molar-refractivity contribution is 5.86. The molecule has 1 saturated heterocycles. The maximum Gasteiger partial charge on any atom is 0.224 e. The zero-order valence-electron chi connectivity index (χ0n) is 15.0. The van der Waals surface area contributed by atoms with Gasteiger partial charge in [-0.3, -0.25) is 4.79 Å². The highest BCUT2D eigenvalue weighted by atomic mass is 16.5. The summed E-state index contributed by atoms with van der Waals surface area (Å²) in [5, 5.41) is 8.30. The van der Waals surface area contributed by atoms with E-state index in [0.29, 0.717) is 32.7 Å². The van der Waals surface area contributed by atoms with Crippen molar-refractivity contribution in [1.29, 1.82) is 0 Å². The first-order valence-corrected chi connectivity index (χ1v) is 9.11. The highest BCUT2D eigenvalue weighted by Crippen LogP contribution is 2.23. The first-order valence-electron chi connectivity index (χ1n) is 9.11. The fourth-order valence-electron chi connectivity index (χ4n) is 3.22. The smallest absolute Gasteiger partial charge is 0.224 e. The summed E-state index contributed by atoms with van der Waals surface area (Å²) >= 11 is 0. The van der Waals surface area contributed by atoms with Crippen LogP contribution in [0.3, 0.4) is 0 Å². The monoisotopic (exact) mass is 366 g/mol. The minimum absolute atomic E-state index is 0.00120. The Kier molecular flexibility index (Phi) is 5.24. The number of hydrogen-bond acceptors (Lipinski definition) is 6. The first kappa shape index (κ1) is 17.4. The molecule has 1 fully saturated rings. The molecular weight excluding hydrogens is 344 g/mol. The van der Waals surface area contributed by atoms with E-state index >= 15 is 0 Å². The summed E-state index contributed by atoms with van der Waals surface area (Å²) in [5.41, 5.74) is 1.78. The minimum Gasteiger partial charge on any atom is -0.378 e. The van der Waals surface area contributed by atoms with Crippen LogP contribution in [0.2, 0.25) is 0 Å². The zero-order valence-corrected chi connectivity index (χ0v) is 15.0. The van der Waals surface area contributed by atoms with Crippen LogP contribution in [0.4, 0.5) is 5.82 Å². The number of anilines is 1. The van der Waals surface area contributed by atoms with E-state index in [0.717, 1.165) is 35.5 Å². The van der Waals surface area contributed by atoms with E-state index < -0.39 is 0 Å². The van der Waals surface area contributed by atoms with Gasteiger partial charge in [-0.15, -0.1) is 0 Å². The molecule has 1 amide bonds. The molecule has 4 rings (SSSR count). The van der Waals surface area contributed by atoms with E-state index in [-0.39, 0.29) is 5.91 Å². The van der Waals surface area contributed by atoms with E-state index in [1.54, 1.807) is 12.5 Å². The third kappa shape index (κ3) is 4.06. The van der Waals surface area contributed by atoms with Gasteiger partial charge < -0.3 is 15.0 Å². The van der Waals surface area contributed by atoms with Gasteiger partial charge in [0.1, 0.15) is 12.1 Å². The van der Waals surface area contributed by atoms with Crippen molar-refractivity contribution < 1.29 is 9.53 Å². The standard InChI is InChI=1S/C19H22N6O2/c26-17(12-15-4-2-1-3-5-15)20-6-7-25-19-16(13-23-25)18(21-14-22-19)24-8-10-27-11-9-24/h1-5,13-14H,6-12H2,(H,20,26). The fraction of sp³-hybridized carbons (Fsp3) is 0.368. The molecule has 3 heterocycles. The van der Waals surface area contributed by atoms with E-state index in [1.807, 2.05) is 35.0 Å². The van der Waals surface area contributed by atoms with Crippen molar-refractivity contribution in [3.8, 4) is 0 Å². The van der Waals surface area contributed by atoms with Gasteiger partial charge in [-0.05, 0) is 5.56 Å². The van der Waals surface area contributed by atoms with Gasteiger partial charge in [0, 0.05) is 19.6 Å². The second kappa shape index (κ2) is 8.13. The summed E-state index contributed by atoms with van der Waals surface area (Å²) in [6, 6.07) is 9.71. The summed E-state index contributed by atoms with van der Waals surface area (Å²) < 4.78 is 7.22. The van der Waals surface area contributed by atoms with Gasteiger partial charge in [0.05, 0.1) is 37.8 Å². The summed E-state index contributed by atoms with van der Waals surface area (Å²) in [6.07, 6.45) is 3.75. The van der Waals surface area contributed by atoms with E-state index in [9.17, 15) is 4.79 Å². The fourth-order valence-corrected chi connectivity index (χ4v) is 3.22. The molecule has 1 aliphatic heterocycles. The quantitative estimate of drug-likeness (QED) is 0.701. The number of carbonyl (C=O) groups is 1. The van der Waals surface area contributed by atoms with Crippen LogP contribution in [-0.4, -0.2) is 58.5 Å². The summed E-state index contributed by atoms with van der Waals surface area (Å²) in [6.45, 7) is 4.09. The zero-order chi connectivity index (χ0) is 18.5. The normalized spacial score (nSPS) is 14.4. The number of nitrogens with one attached hydrogen (secondary N) is 1. The van der Waals surface area contributed by atoms with Crippen molar-refractivity contribution in [3.63, 3.8) is 0 Å². The number of benzene rings is 1. The topological polar surface area (TPSA) is 85.2 Å². The van der Waals surface area contributed by atoms with Crippen LogP contribution in [0.1, 0.15) is 5.56 Å². The molecule has 27 heavy (non-hydrogen) atoms. The van der Waals surface area contributed by atoms with Crippen LogP contribution in [0.5, 0.6) is 0 Å². The van der Waals surface area contributed by atoms with Gasteiger partial charge in [0.15, 0.2) is 5.65 Å². The molecule has 3 aromatic rings. The number of carbonyl (C=O) groups excluding carboxylic acids is 1. The van der Waals surface area contributed by atoms with Crippen molar-refractivity contribution in [2.24, 2.45) is 0 Å². The van der Waals surface area contributed by atoms with E-state index in [4.69, 9.17) is 4.74 Å². The van der Waals surface area contributed by atoms with Gasteiger partial charge in [-0.2, -0.15) is 5.10 Å². The van der Waals surface area contributed by atoms with Gasteiger partial charge >= 0.3 is 0 Å². The number of ether oxygens (including phenoxy) is 1. The Morgan fingerprint density at radius 1 is 1.15 bits per heavy atom. The van der Waals surface area contributed by atoms with Crippen LogP contribution in [0.25, 0.3) is 11.0 Å². The molecule has 0 spiro atoms. The average molecular weight is 366 g/mol. The molecule has 1 N–H and O–H groups in total. The van der Waals surface area contributed by atoms with Gasteiger partial charge in [-0.1, -0.05) is 30.3 Å². The Balaban J connectivity index is 1.39. The van der Waals surface area contributed by atoms with Crippen molar-refractivity contribution in [2.75, 3.05) is 37.7 Å². The Hall–Kier alpha value is -3.00. The van der Waals surface area contributed by atoms with Crippen LogP contribution < -0.4 is 10.2 Å². The molecular formula is C19H22N6O2. The molecule has 0 bridgehead atoms. The van der Waals surface area contributed by atoms with E-state index in [1.165, 1.54) is 0 Å². The average Bonchev–Trinajstić information content (AvgIpc) is 3.13. The maximum absolute atomic E-state index is 12.1. The molecule has 0 aliphatic carbocycles. The molecule has 2 aromatic heterocycles. The van der Waals surface area contributed by atoms with Crippen LogP contribution in [0.15, 0.2) is 42.9 Å². The van der Waals surface area contributed by atoms with Gasteiger partial charge in [0.2, 0.25) is 5.91 Å². The molecule has 0 radical (unpaired) electrons. The first-order chi connectivity index (χ1) is 13.3. The summed E-state index contributed by atoms with van der Waals surface area (Å²) in [4.78, 5) is 23.1. The third-order valence-electron chi connectivity index (χ3n) is 4.58. The highest BCUT2D eigenvalue weighted by Gasteiger charge is 2.17. The molecule has 1 aliphatic rings. The maximum atomic E-state index is 12.1. The molecule has 0 unspecified atom stereocenters. The van der Waals surface area contributed by atoms with Crippen molar-refractivity contribution in [2.45, 2.75) is 13.0 Å².